The molecule has 25 heavy (non-hydrogen) atoms. The molecule has 0 N–H and O–H groups in total. The monoisotopic (exact) mass is 345 g/mol. The smallest absolute Gasteiger partial charge is 0.387 e. The number of likely N-dealkylation sites (N-methyl/N-ethyl adjacent to an activating group) is 1. The molecule has 0 spiro atoms. The van der Waals surface area contributed by atoms with Crippen molar-refractivity contribution < 1.29 is 23.0 Å². The first-order valence-electron chi connectivity index (χ1n) is 7.82. The van der Waals surface area contributed by atoms with Crippen molar-refractivity contribution in [2.75, 3.05) is 18.6 Å². The predicted octanol–water partition coefficient (Wildman–Crippen LogP) is 4.20. The van der Waals surface area contributed by atoms with Crippen LogP contribution in [0.15, 0.2) is 42.5 Å². The summed E-state index contributed by atoms with van der Waals surface area (Å²) in [5.74, 6) is -0.0677. The Labute approximate surface area is 144 Å². The molecule has 0 aliphatic carbocycles. The summed E-state index contributed by atoms with van der Waals surface area (Å²) in [5, 5.41) is 0. The van der Waals surface area contributed by atoms with E-state index in [1.54, 1.807) is 38.2 Å². The van der Waals surface area contributed by atoms with Gasteiger partial charge in [0, 0.05) is 23.7 Å². The lowest BCUT2D eigenvalue weighted by Gasteiger charge is -2.14. The topological polar surface area (TPSA) is 38.8 Å². The van der Waals surface area contributed by atoms with Gasteiger partial charge in [0.25, 0.3) is 5.91 Å². The van der Waals surface area contributed by atoms with Crippen LogP contribution in [0.5, 0.6) is 11.5 Å². The molecule has 0 atom stereocenters. The Hall–Kier alpha value is -2.89. The second-order valence-corrected chi connectivity index (χ2v) is 5.43. The predicted molar refractivity (Wildman–Crippen MR) is 92.0 cm³/mol. The third-order valence-electron chi connectivity index (χ3n) is 3.91. The van der Waals surface area contributed by atoms with Gasteiger partial charge in [-0.25, -0.2) is 0 Å². The molecule has 0 bridgehead atoms. The highest BCUT2D eigenvalue weighted by atomic mass is 19.3. The van der Waals surface area contributed by atoms with E-state index in [-0.39, 0.29) is 17.4 Å². The maximum Gasteiger partial charge on any atom is 0.387 e. The fourth-order valence-corrected chi connectivity index (χ4v) is 2.82. The van der Waals surface area contributed by atoms with Crippen LogP contribution in [0.3, 0.4) is 0 Å². The number of ether oxygens (including phenoxy) is 2. The van der Waals surface area contributed by atoms with Crippen molar-refractivity contribution in [3.8, 4) is 11.5 Å². The number of halogens is 2. The number of hydrogen-bond acceptors (Lipinski definition) is 3. The largest absolute Gasteiger partial charge is 0.490 e. The Bertz CT molecular complexity index is 833. The first-order chi connectivity index (χ1) is 12.0. The van der Waals surface area contributed by atoms with Crippen LogP contribution in [0.2, 0.25) is 0 Å². The Kier molecular flexibility index (Phi) is 4.70. The average Bonchev–Trinajstić information content (AvgIpc) is 2.83. The summed E-state index contributed by atoms with van der Waals surface area (Å²) >= 11 is 0. The Morgan fingerprint density at radius 2 is 1.92 bits per heavy atom. The molecule has 1 aliphatic heterocycles. The molecular weight excluding hydrogens is 328 g/mol. The number of amides is 1. The normalized spacial score (nSPS) is 15.0. The van der Waals surface area contributed by atoms with E-state index in [1.165, 1.54) is 4.90 Å². The zero-order valence-corrected chi connectivity index (χ0v) is 13.8. The van der Waals surface area contributed by atoms with Crippen LogP contribution >= 0.6 is 0 Å². The lowest BCUT2D eigenvalue weighted by atomic mass is 10.0. The van der Waals surface area contributed by atoms with E-state index >= 15 is 0 Å². The van der Waals surface area contributed by atoms with Gasteiger partial charge in [0.1, 0.15) is 0 Å². The summed E-state index contributed by atoms with van der Waals surface area (Å²) in [4.78, 5) is 14.1. The fraction of sp³-hybridized carbons (Fsp3) is 0.211. The average molecular weight is 345 g/mol. The zero-order valence-electron chi connectivity index (χ0n) is 13.8. The first-order valence-corrected chi connectivity index (χ1v) is 7.82. The van der Waals surface area contributed by atoms with Gasteiger partial charge in [0.05, 0.1) is 12.3 Å². The number of nitrogens with zero attached hydrogens (tertiary/aromatic N) is 1. The number of fused-ring (bicyclic) bond motifs is 1. The van der Waals surface area contributed by atoms with Crippen LogP contribution in [0.4, 0.5) is 14.5 Å². The van der Waals surface area contributed by atoms with Gasteiger partial charge in [-0.05, 0) is 25.1 Å². The summed E-state index contributed by atoms with van der Waals surface area (Å²) in [6.45, 7) is -0.930. The summed E-state index contributed by atoms with van der Waals surface area (Å²) in [6, 6.07) is 12.2. The molecule has 6 heteroatoms. The second kappa shape index (κ2) is 6.93. The van der Waals surface area contributed by atoms with Gasteiger partial charge in [-0.2, -0.15) is 8.78 Å². The standard InChI is InChI=1S/C19H17F2NO3/c1-3-24-16-10-6-7-12(17(16)25-19(20)21)11-14-13-8-4-5-9-15(13)22(2)18(14)23/h4-11,19H,3H2,1-2H3/b14-11+. The first kappa shape index (κ1) is 17.0. The van der Waals surface area contributed by atoms with E-state index in [2.05, 4.69) is 4.74 Å². The number of anilines is 1. The Morgan fingerprint density at radius 1 is 1.16 bits per heavy atom. The maximum atomic E-state index is 12.8. The number of carbonyl (C=O) groups is 1. The molecule has 0 aromatic heterocycles. The molecule has 1 aliphatic rings. The molecule has 0 saturated heterocycles. The summed E-state index contributed by atoms with van der Waals surface area (Å²) in [6.07, 6.45) is 1.56. The highest BCUT2D eigenvalue weighted by Crippen LogP contribution is 2.40. The Balaban J connectivity index is 2.12. The zero-order chi connectivity index (χ0) is 18.0. The van der Waals surface area contributed by atoms with Gasteiger partial charge in [-0.3, -0.25) is 4.79 Å². The van der Waals surface area contributed by atoms with Crippen LogP contribution in [-0.4, -0.2) is 26.2 Å². The number of hydrogen-bond donors (Lipinski definition) is 0. The highest BCUT2D eigenvalue weighted by molar-refractivity contribution is 6.35. The summed E-state index contributed by atoms with van der Waals surface area (Å²) in [5.41, 5.74) is 2.31. The van der Waals surface area contributed by atoms with Gasteiger partial charge in [-0.1, -0.05) is 30.3 Å². The lowest BCUT2D eigenvalue weighted by molar-refractivity contribution is -0.112. The van der Waals surface area contributed by atoms with E-state index in [0.29, 0.717) is 17.7 Å². The molecule has 2 aromatic carbocycles. The van der Waals surface area contributed by atoms with Crippen molar-refractivity contribution in [1.29, 1.82) is 0 Å². The van der Waals surface area contributed by atoms with Crippen molar-refractivity contribution in [3.05, 3.63) is 53.6 Å². The number of benzene rings is 2. The van der Waals surface area contributed by atoms with Crippen molar-refractivity contribution >= 4 is 23.2 Å². The van der Waals surface area contributed by atoms with Crippen molar-refractivity contribution in [1.82, 2.24) is 0 Å². The van der Waals surface area contributed by atoms with Crippen LogP contribution in [0.25, 0.3) is 11.6 Å². The van der Waals surface area contributed by atoms with Crippen LogP contribution in [-0.2, 0) is 4.79 Å². The SMILES string of the molecule is CCOc1cccc(/C=C2/C(=O)N(C)c3ccccc32)c1OC(F)F. The van der Waals surface area contributed by atoms with Gasteiger partial charge in [0.2, 0.25) is 0 Å². The van der Waals surface area contributed by atoms with E-state index in [1.807, 2.05) is 24.3 Å². The van der Waals surface area contributed by atoms with E-state index in [9.17, 15) is 13.6 Å². The molecule has 1 heterocycles. The fourth-order valence-electron chi connectivity index (χ4n) is 2.82. The minimum Gasteiger partial charge on any atom is -0.490 e. The second-order valence-electron chi connectivity index (χ2n) is 5.43. The van der Waals surface area contributed by atoms with E-state index in [0.717, 1.165) is 11.3 Å². The number of alkyl halides is 2. The van der Waals surface area contributed by atoms with Gasteiger partial charge in [0.15, 0.2) is 11.5 Å². The summed E-state index contributed by atoms with van der Waals surface area (Å²) < 4.78 is 35.7. The molecular formula is C19H17F2NO3. The number of rotatable bonds is 5. The van der Waals surface area contributed by atoms with Crippen molar-refractivity contribution in [3.63, 3.8) is 0 Å². The van der Waals surface area contributed by atoms with Crippen LogP contribution in [0.1, 0.15) is 18.1 Å². The van der Waals surface area contributed by atoms with Crippen molar-refractivity contribution in [2.24, 2.45) is 0 Å². The Morgan fingerprint density at radius 3 is 2.64 bits per heavy atom. The molecule has 0 radical (unpaired) electrons. The maximum absolute atomic E-state index is 12.8. The molecule has 4 nitrogen and oxygen atoms in total. The van der Waals surface area contributed by atoms with E-state index < -0.39 is 6.61 Å². The molecule has 130 valence electrons. The third-order valence-corrected chi connectivity index (χ3v) is 3.91. The third kappa shape index (κ3) is 3.20. The molecule has 1 amide bonds. The number of para-hydroxylation sites is 2. The summed E-state index contributed by atoms with van der Waals surface area (Å²) in [7, 11) is 1.68. The quantitative estimate of drug-likeness (QED) is 0.762. The van der Waals surface area contributed by atoms with Gasteiger partial charge in [-0.15, -0.1) is 0 Å². The van der Waals surface area contributed by atoms with Crippen molar-refractivity contribution in [2.45, 2.75) is 13.5 Å². The van der Waals surface area contributed by atoms with E-state index in [4.69, 9.17) is 4.74 Å². The minimum atomic E-state index is -2.99. The molecule has 3 rings (SSSR count). The molecule has 0 fully saturated rings. The molecule has 2 aromatic rings. The highest BCUT2D eigenvalue weighted by Gasteiger charge is 2.29. The molecule has 0 saturated carbocycles. The van der Waals surface area contributed by atoms with Crippen LogP contribution < -0.4 is 14.4 Å². The molecule has 0 unspecified atom stereocenters. The van der Waals surface area contributed by atoms with Gasteiger partial charge < -0.3 is 14.4 Å². The lowest BCUT2D eigenvalue weighted by Crippen LogP contribution is -2.20. The number of carbonyl (C=O) groups excluding carboxylic acids is 1. The minimum absolute atomic E-state index is 0.0771. The van der Waals surface area contributed by atoms with Crippen LogP contribution in [0, 0.1) is 0 Å². The van der Waals surface area contributed by atoms with Gasteiger partial charge >= 0.3 is 6.61 Å².